The van der Waals surface area contributed by atoms with Gasteiger partial charge in [0, 0.05) is 37.9 Å². The second kappa shape index (κ2) is 5.63. The van der Waals surface area contributed by atoms with Crippen molar-refractivity contribution in [3.05, 3.63) is 23.9 Å². The van der Waals surface area contributed by atoms with E-state index >= 15 is 0 Å². The first-order valence-corrected chi connectivity index (χ1v) is 5.79. The van der Waals surface area contributed by atoms with Crippen LogP contribution in [-0.4, -0.2) is 24.1 Å². The van der Waals surface area contributed by atoms with E-state index in [1.54, 1.807) is 6.20 Å². The molecule has 1 aromatic heterocycles. The number of pyridine rings is 1. The van der Waals surface area contributed by atoms with E-state index in [1.165, 1.54) is 0 Å². The summed E-state index contributed by atoms with van der Waals surface area (Å²) in [5.41, 5.74) is 6.54. The van der Waals surface area contributed by atoms with Gasteiger partial charge in [0.2, 0.25) is 5.91 Å². The molecule has 2 heterocycles. The number of hydrogen-bond donors (Lipinski definition) is 2. The minimum absolute atomic E-state index is 0.0451. The smallest absolute Gasteiger partial charge is 0.220 e. The Morgan fingerprint density at radius 3 is 3.24 bits per heavy atom. The molecule has 1 saturated heterocycles. The van der Waals surface area contributed by atoms with Gasteiger partial charge in [0.15, 0.2) is 0 Å². The molecular weight excluding hydrogens is 218 g/mol. The maximum Gasteiger partial charge on any atom is 0.220 e. The molecule has 0 unspecified atom stereocenters. The number of amides is 1. The third-order valence-electron chi connectivity index (χ3n) is 2.90. The van der Waals surface area contributed by atoms with Gasteiger partial charge < -0.3 is 15.8 Å². The SMILES string of the molecule is Nc1ncccc1CNC(=O)C[C@@H]1CCOC1. The van der Waals surface area contributed by atoms with Crippen molar-refractivity contribution in [2.45, 2.75) is 19.4 Å². The van der Waals surface area contributed by atoms with Crippen molar-refractivity contribution in [1.29, 1.82) is 0 Å². The molecule has 0 saturated carbocycles. The first kappa shape index (κ1) is 11.9. The number of ether oxygens (including phenoxy) is 1. The molecule has 1 aliphatic heterocycles. The van der Waals surface area contributed by atoms with Crippen LogP contribution in [0.1, 0.15) is 18.4 Å². The fraction of sp³-hybridized carbons (Fsp3) is 0.500. The number of nitrogens with one attached hydrogen (secondary N) is 1. The topological polar surface area (TPSA) is 77.2 Å². The molecule has 0 aliphatic carbocycles. The molecule has 3 N–H and O–H groups in total. The Morgan fingerprint density at radius 2 is 2.53 bits per heavy atom. The first-order chi connectivity index (χ1) is 8.25. The van der Waals surface area contributed by atoms with Gasteiger partial charge in [-0.1, -0.05) is 6.07 Å². The minimum Gasteiger partial charge on any atom is -0.383 e. The third kappa shape index (κ3) is 3.42. The molecule has 0 radical (unpaired) electrons. The van der Waals surface area contributed by atoms with Gasteiger partial charge in [-0.3, -0.25) is 4.79 Å². The fourth-order valence-electron chi connectivity index (χ4n) is 1.87. The maximum absolute atomic E-state index is 11.7. The Hall–Kier alpha value is -1.62. The molecule has 1 atom stereocenters. The lowest BCUT2D eigenvalue weighted by atomic mass is 10.0. The highest BCUT2D eigenvalue weighted by molar-refractivity contribution is 5.76. The van der Waals surface area contributed by atoms with Crippen molar-refractivity contribution < 1.29 is 9.53 Å². The van der Waals surface area contributed by atoms with Gasteiger partial charge in [-0.2, -0.15) is 0 Å². The van der Waals surface area contributed by atoms with Crippen LogP contribution >= 0.6 is 0 Å². The minimum atomic E-state index is 0.0451. The Kier molecular flexibility index (Phi) is 3.93. The number of anilines is 1. The summed E-state index contributed by atoms with van der Waals surface area (Å²) < 4.78 is 5.23. The second-order valence-electron chi connectivity index (χ2n) is 4.26. The largest absolute Gasteiger partial charge is 0.383 e. The molecule has 1 aromatic rings. The summed E-state index contributed by atoms with van der Waals surface area (Å²) in [5, 5.41) is 2.85. The van der Waals surface area contributed by atoms with Crippen molar-refractivity contribution in [2.24, 2.45) is 5.92 Å². The van der Waals surface area contributed by atoms with Crippen LogP contribution < -0.4 is 11.1 Å². The van der Waals surface area contributed by atoms with Crippen LogP contribution in [0.4, 0.5) is 5.82 Å². The molecule has 5 heteroatoms. The number of nitrogens with two attached hydrogens (primary N) is 1. The van der Waals surface area contributed by atoms with E-state index in [-0.39, 0.29) is 5.91 Å². The van der Waals surface area contributed by atoms with E-state index in [0.717, 1.165) is 18.6 Å². The Bertz CT molecular complexity index is 389. The normalized spacial score (nSPS) is 19.2. The summed E-state index contributed by atoms with van der Waals surface area (Å²) >= 11 is 0. The average Bonchev–Trinajstić information content (AvgIpc) is 2.81. The van der Waals surface area contributed by atoms with Crippen LogP contribution in [-0.2, 0) is 16.1 Å². The van der Waals surface area contributed by atoms with E-state index in [1.807, 2.05) is 12.1 Å². The predicted octanol–water partition coefficient (Wildman–Crippen LogP) is 0.707. The number of carbonyl (C=O) groups is 1. The van der Waals surface area contributed by atoms with Crippen LogP contribution in [0, 0.1) is 5.92 Å². The Balaban J connectivity index is 1.77. The average molecular weight is 235 g/mol. The number of aromatic nitrogens is 1. The highest BCUT2D eigenvalue weighted by atomic mass is 16.5. The van der Waals surface area contributed by atoms with Crippen LogP contribution in [0.3, 0.4) is 0 Å². The molecule has 0 aromatic carbocycles. The van der Waals surface area contributed by atoms with Gasteiger partial charge in [-0.05, 0) is 18.4 Å². The van der Waals surface area contributed by atoms with Crippen molar-refractivity contribution >= 4 is 11.7 Å². The molecule has 1 fully saturated rings. The van der Waals surface area contributed by atoms with Gasteiger partial charge in [0.05, 0.1) is 0 Å². The number of nitrogens with zero attached hydrogens (tertiary/aromatic N) is 1. The zero-order valence-corrected chi connectivity index (χ0v) is 9.69. The quantitative estimate of drug-likeness (QED) is 0.805. The van der Waals surface area contributed by atoms with E-state index < -0.39 is 0 Å². The molecule has 92 valence electrons. The Labute approximate surface area is 100 Å². The summed E-state index contributed by atoms with van der Waals surface area (Å²) in [6, 6.07) is 3.67. The van der Waals surface area contributed by atoms with Gasteiger partial charge in [-0.25, -0.2) is 4.98 Å². The van der Waals surface area contributed by atoms with Gasteiger partial charge in [0.1, 0.15) is 5.82 Å². The third-order valence-corrected chi connectivity index (χ3v) is 2.90. The molecule has 1 aliphatic rings. The van der Waals surface area contributed by atoms with E-state index in [0.29, 0.717) is 31.3 Å². The lowest BCUT2D eigenvalue weighted by molar-refractivity contribution is -0.122. The van der Waals surface area contributed by atoms with Crippen LogP contribution in [0.15, 0.2) is 18.3 Å². The van der Waals surface area contributed by atoms with Gasteiger partial charge >= 0.3 is 0 Å². The van der Waals surface area contributed by atoms with E-state index in [2.05, 4.69) is 10.3 Å². The molecule has 2 rings (SSSR count). The zero-order valence-electron chi connectivity index (χ0n) is 9.69. The van der Waals surface area contributed by atoms with Crippen LogP contribution in [0.5, 0.6) is 0 Å². The molecule has 0 bridgehead atoms. The van der Waals surface area contributed by atoms with Gasteiger partial charge in [-0.15, -0.1) is 0 Å². The highest BCUT2D eigenvalue weighted by Crippen LogP contribution is 2.16. The monoisotopic (exact) mass is 235 g/mol. The first-order valence-electron chi connectivity index (χ1n) is 5.79. The van der Waals surface area contributed by atoms with Crippen LogP contribution in [0.2, 0.25) is 0 Å². The lowest BCUT2D eigenvalue weighted by Crippen LogP contribution is -2.25. The van der Waals surface area contributed by atoms with Crippen LogP contribution in [0.25, 0.3) is 0 Å². The molecule has 1 amide bonds. The summed E-state index contributed by atoms with van der Waals surface area (Å²) in [4.78, 5) is 15.6. The molecule has 17 heavy (non-hydrogen) atoms. The predicted molar refractivity (Wildman–Crippen MR) is 64.0 cm³/mol. The van der Waals surface area contributed by atoms with Crippen molar-refractivity contribution in [3.8, 4) is 0 Å². The molecule has 5 nitrogen and oxygen atoms in total. The number of hydrogen-bond acceptors (Lipinski definition) is 4. The second-order valence-corrected chi connectivity index (χ2v) is 4.26. The fourth-order valence-corrected chi connectivity index (χ4v) is 1.87. The standard InChI is InChI=1S/C12H17N3O2/c13-12-10(2-1-4-14-12)7-15-11(16)6-9-3-5-17-8-9/h1-2,4,9H,3,5-8H2,(H2,13,14)(H,15,16)/t9-/m0/s1. The number of nitrogen functional groups attached to an aromatic ring is 1. The van der Waals surface area contributed by atoms with Gasteiger partial charge in [0.25, 0.3) is 0 Å². The van der Waals surface area contributed by atoms with Crippen molar-refractivity contribution in [1.82, 2.24) is 10.3 Å². The van der Waals surface area contributed by atoms with Crippen molar-refractivity contribution in [3.63, 3.8) is 0 Å². The summed E-state index contributed by atoms with van der Waals surface area (Å²) in [6.45, 7) is 1.90. The lowest BCUT2D eigenvalue weighted by Gasteiger charge is -2.09. The summed E-state index contributed by atoms with van der Waals surface area (Å²) in [7, 11) is 0. The molecular formula is C12H17N3O2. The summed E-state index contributed by atoms with van der Waals surface area (Å²) in [6.07, 6.45) is 3.14. The maximum atomic E-state index is 11.7. The summed E-state index contributed by atoms with van der Waals surface area (Å²) in [5.74, 6) is 0.877. The van der Waals surface area contributed by atoms with E-state index in [4.69, 9.17) is 10.5 Å². The number of carbonyl (C=O) groups excluding carboxylic acids is 1. The zero-order chi connectivity index (χ0) is 12.1. The number of rotatable bonds is 4. The van der Waals surface area contributed by atoms with Crippen molar-refractivity contribution in [2.75, 3.05) is 18.9 Å². The Morgan fingerprint density at radius 1 is 1.65 bits per heavy atom. The molecule has 0 spiro atoms. The highest BCUT2D eigenvalue weighted by Gasteiger charge is 2.18. The van der Waals surface area contributed by atoms with E-state index in [9.17, 15) is 4.79 Å².